The van der Waals surface area contributed by atoms with Gasteiger partial charge >= 0.3 is 11.8 Å². The van der Waals surface area contributed by atoms with E-state index >= 15 is 0 Å². The van der Waals surface area contributed by atoms with Crippen LogP contribution in [0.3, 0.4) is 0 Å². The van der Waals surface area contributed by atoms with Gasteiger partial charge in [0.25, 0.3) is 11.7 Å². The molecule has 0 aliphatic carbocycles. The monoisotopic (exact) mass is 912 g/mol. The Morgan fingerprint density at radius 3 is 2.32 bits per heavy atom. The Bertz CT molecular complexity index is 2700. The van der Waals surface area contributed by atoms with Crippen LogP contribution in [-0.2, 0) is 23.8 Å². The number of fused-ring (bicyclic) bond motifs is 2. The summed E-state index contributed by atoms with van der Waals surface area (Å²) in [7, 11) is 1.46. The number of methoxy groups -OCH3 is 1. The zero-order valence-corrected chi connectivity index (χ0v) is 39.5. The first-order chi connectivity index (χ1) is 30.7. The van der Waals surface area contributed by atoms with E-state index < -0.39 is 82.7 Å². The number of ether oxygens (including phenoxy) is 4. The number of benzene rings is 3. The Morgan fingerprint density at radius 2 is 1.66 bits per heavy atom. The standard InChI is InChI=1S/C49H60N4O11S/c1-22-13-12-14-23(2)48(60)52-39-43(58)36-35(38-46(39)65-34-19-31(15-16-32(34)51-38)53-20-24(3)50-25(4)21-53)37-45(29(8)42(36)57)64-49(10,47(37)59)62-18-17-33(61-11)26(5)44(63-30(9)54)28(7)41(56)27(6)40(22)55/h12-19,22,24-28,33,40-41,44,50,55-56,58H,20-21H2,1-11H3,(H,52,60)/b13-12+,18-17+,23-14-/t22-,24-,25+,26+,27+,28+,33-,40-,41+,44+,49-/m0/s1. The highest BCUT2D eigenvalue weighted by molar-refractivity contribution is 7.25. The van der Waals surface area contributed by atoms with Gasteiger partial charge in [-0.1, -0.05) is 45.9 Å². The van der Waals surface area contributed by atoms with Crippen molar-refractivity contribution in [1.82, 2.24) is 10.3 Å². The van der Waals surface area contributed by atoms with Crippen LogP contribution < -0.4 is 25.7 Å². The zero-order valence-electron chi connectivity index (χ0n) is 38.7. The van der Waals surface area contributed by atoms with E-state index in [1.807, 2.05) is 18.2 Å². The minimum atomic E-state index is -2.00. The highest BCUT2D eigenvalue weighted by Gasteiger charge is 2.49. The number of carbonyl (C=O) groups is 3. The van der Waals surface area contributed by atoms with Gasteiger partial charge in [0, 0.05) is 92.0 Å². The lowest BCUT2D eigenvalue weighted by molar-refractivity contribution is -0.160. The number of amides is 1. The molecule has 7 rings (SSSR count). The fourth-order valence-electron chi connectivity index (χ4n) is 9.53. The molecular formula is C49H60N4O11S. The molecule has 3 aromatic carbocycles. The normalized spacial score (nSPS) is 32.2. The van der Waals surface area contributed by atoms with Gasteiger partial charge in [-0.15, -0.1) is 11.3 Å². The summed E-state index contributed by atoms with van der Waals surface area (Å²) in [4.78, 5) is 63.1. The van der Waals surface area contributed by atoms with Gasteiger partial charge in [-0.3, -0.25) is 19.2 Å². The van der Waals surface area contributed by atoms with Crippen LogP contribution >= 0.6 is 11.3 Å². The molecular weight excluding hydrogens is 853 g/mol. The number of aromatic hydroxyl groups is 1. The number of allylic oxidation sites excluding steroid dienone is 2. The zero-order chi connectivity index (χ0) is 47.4. The SMILES string of the molecule is CO[C@H]1/C=C/O[C@@]2(C)Oc3c(C)c(=O)c4c(O)c(c5sc6cc(N7C[C@@H](C)N[C@@H](C)C7)ccc6nc5c4c3C2=O)NC(=O)/C(C)=C\C=C\[C@H](C)[C@H](O)[C@@H](C)[C@@H](O)[C@@H](C)[C@H](OC(C)=O)[C@@H]1C. The van der Waals surface area contributed by atoms with Crippen LogP contribution in [0.15, 0.2) is 59.1 Å². The van der Waals surface area contributed by atoms with Crippen LogP contribution in [0, 0.1) is 30.6 Å². The molecule has 15 nitrogen and oxygen atoms in total. The van der Waals surface area contributed by atoms with E-state index in [4.69, 9.17) is 23.9 Å². The molecule has 0 saturated carbocycles. The Balaban J connectivity index is 1.44. The molecule has 65 heavy (non-hydrogen) atoms. The molecule has 4 aromatic rings. The van der Waals surface area contributed by atoms with Gasteiger partial charge in [0.15, 0.2) is 11.2 Å². The molecule has 1 amide bonds. The van der Waals surface area contributed by atoms with Crippen molar-refractivity contribution in [2.75, 3.05) is 30.4 Å². The number of nitrogens with zero attached hydrogens (tertiary/aromatic N) is 2. The van der Waals surface area contributed by atoms with Crippen molar-refractivity contribution >= 4 is 71.6 Å². The quantitative estimate of drug-likeness (QED) is 0.0632. The van der Waals surface area contributed by atoms with E-state index in [2.05, 4.69) is 29.4 Å². The number of rotatable bonds is 3. The Kier molecular flexibility index (Phi) is 13.5. The number of ketones is 1. The van der Waals surface area contributed by atoms with E-state index in [9.17, 15) is 34.5 Å². The first-order valence-electron chi connectivity index (χ1n) is 22.1. The smallest absolute Gasteiger partial charge is 0.312 e. The fraction of sp³-hybridized carbons (Fsp3) is 0.490. The molecule has 0 spiro atoms. The van der Waals surface area contributed by atoms with E-state index in [0.29, 0.717) is 10.2 Å². The second-order valence-electron chi connectivity index (χ2n) is 18.3. The molecule has 1 aromatic heterocycles. The average Bonchev–Trinajstić information content (AvgIpc) is 3.53. The lowest BCUT2D eigenvalue weighted by atomic mass is 9.78. The second kappa shape index (κ2) is 18.5. The van der Waals surface area contributed by atoms with Crippen molar-refractivity contribution < 1.29 is 48.7 Å². The van der Waals surface area contributed by atoms with Crippen molar-refractivity contribution in [1.29, 1.82) is 0 Å². The largest absolute Gasteiger partial charge is 0.505 e. The van der Waals surface area contributed by atoms with Crippen LogP contribution in [0.25, 0.3) is 31.2 Å². The third-order valence-electron chi connectivity index (χ3n) is 13.2. The molecule has 5 N–H and O–H groups in total. The molecule has 11 atom stereocenters. The fourth-order valence-corrected chi connectivity index (χ4v) is 10.6. The molecule has 1 fully saturated rings. The molecule has 4 bridgehead atoms. The lowest BCUT2D eigenvalue weighted by Gasteiger charge is -2.38. The molecule has 16 heteroatoms. The summed E-state index contributed by atoms with van der Waals surface area (Å²) >= 11 is 1.26. The van der Waals surface area contributed by atoms with E-state index in [0.717, 1.165) is 23.5 Å². The number of nitrogens with one attached hydrogen (secondary N) is 2. The van der Waals surface area contributed by atoms with Gasteiger partial charge < -0.3 is 49.8 Å². The van der Waals surface area contributed by atoms with Crippen molar-refractivity contribution in [3.05, 3.63) is 75.7 Å². The predicted molar refractivity (Wildman–Crippen MR) is 252 cm³/mol. The summed E-state index contributed by atoms with van der Waals surface area (Å²) < 4.78 is 25.1. The maximum absolute atomic E-state index is 14.8. The van der Waals surface area contributed by atoms with Crippen LogP contribution in [0.1, 0.15) is 78.2 Å². The number of esters is 1. The molecule has 4 heterocycles. The van der Waals surface area contributed by atoms with Gasteiger partial charge in [0.1, 0.15) is 17.5 Å². The number of phenolic OH excluding ortho intramolecular Hbond substituents is 1. The summed E-state index contributed by atoms with van der Waals surface area (Å²) in [6.45, 7) is 18.6. The van der Waals surface area contributed by atoms with Crippen LogP contribution in [0.5, 0.6) is 11.5 Å². The number of hydrogen-bond donors (Lipinski definition) is 5. The number of aromatic nitrogens is 1. The summed E-state index contributed by atoms with van der Waals surface area (Å²) in [5.74, 6) is -6.81. The number of piperazine rings is 1. The number of Topliss-reactive ketones (excluding diaryl/α,β-unsaturated/α-hetero) is 1. The summed E-state index contributed by atoms with van der Waals surface area (Å²) in [5, 5.41) is 41.5. The van der Waals surface area contributed by atoms with Crippen LogP contribution in [0.2, 0.25) is 0 Å². The topological polar surface area (TPSA) is 206 Å². The number of hydrogen-bond acceptors (Lipinski definition) is 15. The van der Waals surface area contributed by atoms with Crippen molar-refractivity contribution in [2.24, 2.45) is 23.7 Å². The first-order valence-corrected chi connectivity index (χ1v) is 22.9. The maximum Gasteiger partial charge on any atom is 0.312 e. The Labute approximate surface area is 382 Å². The van der Waals surface area contributed by atoms with E-state index in [1.165, 1.54) is 51.6 Å². The summed E-state index contributed by atoms with van der Waals surface area (Å²) in [6, 6.07) is 6.39. The number of carbonyl (C=O) groups excluding carboxylic acids is 3. The van der Waals surface area contributed by atoms with Gasteiger partial charge in [0.2, 0.25) is 0 Å². The van der Waals surface area contributed by atoms with Gasteiger partial charge in [-0.2, -0.15) is 0 Å². The molecule has 1 saturated heterocycles. The maximum atomic E-state index is 14.8. The minimum Gasteiger partial charge on any atom is -0.505 e. The van der Waals surface area contributed by atoms with Crippen LogP contribution in [0.4, 0.5) is 11.4 Å². The van der Waals surface area contributed by atoms with Gasteiger partial charge in [-0.25, -0.2) is 4.98 Å². The second-order valence-corrected chi connectivity index (χ2v) is 19.3. The lowest BCUT2D eigenvalue weighted by Crippen LogP contribution is -2.54. The van der Waals surface area contributed by atoms with E-state index in [-0.39, 0.29) is 56.5 Å². The molecule has 3 aliphatic heterocycles. The number of phenols is 1. The minimum absolute atomic E-state index is 0.0128. The third-order valence-corrected chi connectivity index (χ3v) is 14.4. The van der Waals surface area contributed by atoms with Crippen molar-refractivity contribution in [2.45, 2.75) is 112 Å². The number of anilines is 2. The van der Waals surface area contributed by atoms with Gasteiger partial charge in [0.05, 0.1) is 56.0 Å². The molecule has 3 aliphatic rings. The molecule has 0 unspecified atom stereocenters. The van der Waals surface area contributed by atoms with Crippen molar-refractivity contribution in [3.63, 3.8) is 0 Å². The highest BCUT2D eigenvalue weighted by Crippen LogP contribution is 2.49. The summed E-state index contributed by atoms with van der Waals surface area (Å²) in [6.07, 6.45) is 3.85. The Hall–Kier alpha value is -5.39. The molecule has 348 valence electrons. The highest BCUT2D eigenvalue weighted by atomic mass is 32.1. The Morgan fingerprint density at radius 1 is 0.969 bits per heavy atom. The average molecular weight is 913 g/mol. The number of aliphatic hydroxyl groups is 2. The molecule has 0 radical (unpaired) electrons. The first kappa shape index (κ1) is 47.6. The summed E-state index contributed by atoms with van der Waals surface area (Å²) in [5.41, 5.74) is 1.31. The van der Waals surface area contributed by atoms with Crippen molar-refractivity contribution in [3.8, 4) is 11.5 Å². The van der Waals surface area contributed by atoms with Crippen LogP contribution in [-0.4, -0.2) is 100 Å². The predicted octanol–water partition coefficient (Wildman–Crippen LogP) is 6.65. The number of aliphatic hydroxyl groups excluding tert-OH is 2. The van der Waals surface area contributed by atoms with E-state index in [1.54, 1.807) is 52.8 Å². The van der Waals surface area contributed by atoms with Gasteiger partial charge in [-0.05, 0) is 52.0 Å². The third kappa shape index (κ3) is 8.86.